The molecular weight excluding hydrogens is 487 g/mol. The van der Waals surface area contributed by atoms with Crippen LogP contribution in [0.3, 0.4) is 0 Å². The van der Waals surface area contributed by atoms with Crippen molar-refractivity contribution in [2.24, 2.45) is 0 Å². The van der Waals surface area contributed by atoms with E-state index in [1.54, 1.807) is 28.4 Å². The molecule has 6 heteroatoms. The summed E-state index contributed by atoms with van der Waals surface area (Å²) >= 11 is 5.84. The van der Waals surface area contributed by atoms with Gasteiger partial charge in [0.1, 0.15) is 0 Å². The standard InChI is InChI=1S/C18H18BrIO4/c1-21-15-7-11(13(19)9-17(15)23-3)5-6-12-8-16(22-2)18(24-4)10-14(12)20/h5-10H,1-4H3/b6-5+. The molecule has 24 heavy (non-hydrogen) atoms. The molecule has 0 unspecified atom stereocenters. The summed E-state index contributed by atoms with van der Waals surface area (Å²) < 4.78 is 23.3. The van der Waals surface area contributed by atoms with E-state index in [0.717, 1.165) is 19.2 Å². The number of ether oxygens (including phenoxy) is 4. The predicted molar refractivity (Wildman–Crippen MR) is 108 cm³/mol. The zero-order valence-electron chi connectivity index (χ0n) is 13.9. The van der Waals surface area contributed by atoms with E-state index in [1.165, 1.54) is 0 Å². The van der Waals surface area contributed by atoms with E-state index < -0.39 is 0 Å². The SMILES string of the molecule is COc1cc(Br)c(/C=C/c2cc(OC)c(OC)cc2I)cc1OC. The summed E-state index contributed by atoms with van der Waals surface area (Å²) in [6, 6.07) is 7.71. The minimum absolute atomic E-state index is 0.683. The highest BCUT2D eigenvalue weighted by Gasteiger charge is 2.10. The van der Waals surface area contributed by atoms with Gasteiger partial charge in [0.25, 0.3) is 0 Å². The molecule has 0 bridgehead atoms. The summed E-state index contributed by atoms with van der Waals surface area (Å²) in [5.41, 5.74) is 2.02. The number of hydrogen-bond donors (Lipinski definition) is 0. The van der Waals surface area contributed by atoms with Crippen LogP contribution >= 0.6 is 38.5 Å². The third-order valence-electron chi connectivity index (χ3n) is 3.45. The highest BCUT2D eigenvalue weighted by atomic mass is 127. The molecule has 0 spiro atoms. The molecule has 2 aromatic carbocycles. The van der Waals surface area contributed by atoms with E-state index in [9.17, 15) is 0 Å². The quantitative estimate of drug-likeness (QED) is 0.397. The summed E-state index contributed by atoms with van der Waals surface area (Å²) in [4.78, 5) is 0. The van der Waals surface area contributed by atoms with Crippen LogP contribution in [0.2, 0.25) is 0 Å². The van der Waals surface area contributed by atoms with E-state index in [4.69, 9.17) is 18.9 Å². The molecule has 0 aliphatic rings. The van der Waals surface area contributed by atoms with Gasteiger partial charge in [0.15, 0.2) is 23.0 Å². The average molecular weight is 505 g/mol. The van der Waals surface area contributed by atoms with Crippen LogP contribution in [0.15, 0.2) is 28.7 Å². The second kappa shape index (κ2) is 8.62. The van der Waals surface area contributed by atoms with Gasteiger partial charge in [0.2, 0.25) is 0 Å². The topological polar surface area (TPSA) is 36.9 Å². The maximum atomic E-state index is 5.37. The van der Waals surface area contributed by atoms with Gasteiger partial charge in [-0.15, -0.1) is 0 Å². The first-order valence-corrected chi connectivity index (χ1v) is 8.92. The summed E-state index contributed by atoms with van der Waals surface area (Å²) in [5.74, 6) is 2.78. The maximum Gasteiger partial charge on any atom is 0.161 e. The average Bonchev–Trinajstić information content (AvgIpc) is 2.60. The molecule has 0 aliphatic heterocycles. The number of hydrogen-bond acceptors (Lipinski definition) is 4. The van der Waals surface area contributed by atoms with Gasteiger partial charge in [0, 0.05) is 8.04 Å². The number of rotatable bonds is 6. The van der Waals surface area contributed by atoms with Crippen LogP contribution in [0.5, 0.6) is 23.0 Å². The normalized spacial score (nSPS) is 10.8. The van der Waals surface area contributed by atoms with Crippen LogP contribution in [0.1, 0.15) is 11.1 Å². The second-order valence-electron chi connectivity index (χ2n) is 4.79. The van der Waals surface area contributed by atoms with Gasteiger partial charge < -0.3 is 18.9 Å². The Bertz CT molecular complexity index is 696. The molecule has 128 valence electrons. The molecule has 4 nitrogen and oxygen atoms in total. The van der Waals surface area contributed by atoms with Gasteiger partial charge in [-0.3, -0.25) is 0 Å². The fraction of sp³-hybridized carbons (Fsp3) is 0.222. The molecule has 0 radical (unpaired) electrons. The monoisotopic (exact) mass is 504 g/mol. The first-order chi connectivity index (χ1) is 11.5. The molecule has 2 aromatic rings. The van der Waals surface area contributed by atoms with Gasteiger partial charge in [0.05, 0.1) is 28.4 Å². The smallest absolute Gasteiger partial charge is 0.161 e. The Kier molecular flexibility index (Phi) is 6.79. The Morgan fingerprint density at radius 3 is 1.67 bits per heavy atom. The van der Waals surface area contributed by atoms with Crippen molar-refractivity contribution in [3.8, 4) is 23.0 Å². The van der Waals surface area contributed by atoms with Crippen LogP contribution in [-0.4, -0.2) is 28.4 Å². The van der Waals surface area contributed by atoms with Crippen molar-refractivity contribution in [2.45, 2.75) is 0 Å². The lowest BCUT2D eigenvalue weighted by Gasteiger charge is -2.11. The Morgan fingerprint density at radius 1 is 0.708 bits per heavy atom. The molecule has 2 rings (SSSR count). The zero-order chi connectivity index (χ0) is 17.7. The number of methoxy groups -OCH3 is 4. The summed E-state index contributed by atoms with van der Waals surface area (Å²) in [6.45, 7) is 0. The molecule has 0 aromatic heterocycles. The number of benzene rings is 2. The van der Waals surface area contributed by atoms with Gasteiger partial charge in [-0.1, -0.05) is 28.1 Å². The first-order valence-electron chi connectivity index (χ1n) is 7.05. The molecule has 0 aliphatic carbocycles. The van der Waals surface area contributed by atoms with E-state index >= 15 is 0 Å². The van der Waals surface area contributed by atoms with Crippen molar-refractivity contribution in [1.29, 1.82) is 0 Å². The fourth-order valence-electron chi connectivity index (χ4n) is 2.17. The molecule has 0 N–H and O–H groups in total. The number of halogens is 2. The van der Waals surface area contributed by atoms with E-state index in [0.29, 0.717) is 23.0 Å². The third-order valence-corrected chi connectivity index (χ3v) is 5.07. The molecular formula is C18H18BrIO4. The molecule has 0 heterocycles. The van der Waals surface area contributed by atoms with Crippen LogP contribution in [0.4, 0.5) is 0 Å². The van der Waals surface area contributed by atoms with E-state index in [1.807, 2.05) is 36.4 Å². The summed E-state index contributed by atoms with van der Waals surface area (Å²) in [5, 5.41) is 0. The lowest BCUT2D eigenvalue weighted by atomic mass is 10.1. The van der Waals surface area contributed by atoms with Crippen LogP contribution in [0.25, 0.3) is 12.2 Å². The lowest BCUT2D eigenvalue weighted by molar-refractivity contribution is 0.354. The minimum atomic E-state index is 0.683. The second-order valence-corrected chi connectivity index (χ2v) is 6.81. The Balaban J connectivity index is 2.41. The van der Waals surface area contributed by atoms with E-state index in [2.05, 4.69) is 38.5 Å². The van der Waals surface area contributed by atoms with Crippen molar-refractivity contribution >= 4 is 50.7 Å². The molecule has 0 amide bonds. The summed E-state index contributed by atoms with van der Waals surface area (Å²) in [7, 11) is 6.50. The lowest BCUT2D eigenvalue weighted by Crippen LogP contribution is -1.93. The van der Waals surface area contributed by atoms with Crippen molar-refractivity contribution in [3.63, 3.8) is 0 Å². The van der Waals surface area contributed by atoms with Gasteiger partial charge >= 0.3 is 0 Å². The molecule has 0 saturated heterocycles. The summed E-state index contributed by atoms with van der Waals surface area (Å²) in [6.07, 6.45) is 4.03. The van der Waals surface area contributed by atoms with E-state index in [-0.39, 0.29) is 0 Å². The van der Waals surface area contributed by atoms with Crippen LogP contribution in [-0.2, 0) is 0 Å². The van der Waals surface area contributed by atoms with Crippen LogP contribution in [0, 0.1) is 3.57 Å². The maximum absolute atomic E-state index is 5.37. The zero-order valence-corrected chi connectivity index (χ0v) is 17.6. The first kappa shape index (κ1) is 18.9. The Morgan fingerprint density at radius 2 is 1.12 bits per heavy atom. The minimum Gasteiger partial charge on any atom is -0.493 e. The third kappa shape index (κ3) is 4.16. The van der Waals surface area contributed by atoms with Crippen molar-refractivity contribution < 1.29 is 18.9 Å². The highest BCUT2D eigenvalue weighted by Crippen LogP contribution is 2.35. The largest absolute Gasteiger partial charge is 0.493 e. The van der Waals surface area contributed by atoms with Crippen molar-refractivity contribution in [1.82, 2.24) is 0 Å². The van der Waals surface area contributed by atoms with Crippen LogP contribution < -0.4 is 18.9 Å². The Hall–Kier alpha value is -1.41. The molecule has 0 saturated carbocycles. The van der Waals surface area contributed by atoms with Crippen molar-refractivity contribution in [2.75, 3.05) is 28.4 Å². The van der Waals surface area contributed by atoms with Gasteiger partial charge in [-0.05, 0) is 58.0 Å². The van der Waals surface area contributed by atoms with Crippen molar-refractivity contribution in [3.05, 3.63) is 43.4 Å². The predicted octanol–water partition coefficient (Wildman–Crippen LogP) is 5.26. The van der Waals surface area contributed by atoms with Gasteiger partial charge in [-0.2, -0.15) is 0 Å². The Labute approximate surface area is 164 Å². The highest BCUT2D eigenvalue weighted by molar-refractivity contribution is 14.1. The van der Waals surface area contributed by atoms with Gasteiger partial charge in [-0.25, -0.2) is 0 Å². The fourth-order valence-corrected chi connectivity index (χ4v) is 3.25. The molecule has 0 atom stereocenters. The molecule has 0 fully saturated rings.